The van der Waals surface area contributed by atoms with Crippen LogP contribution in [0.3, 0.4) is 0 Å². The minimum atomic E-state index is -0.794. The van der Waals surface area contributed by atoms with E-state index in [2.05, 4.69) is 15.1 Å². The number of benzene rings is 1. The van der Waals surface area contributed by atoms with Gasteiger partial charge in [-0.25, -0.2) is 4.98 Å². The molecule has 1 unspecified atom stereocenters. The second kappa shape index (κ2) is 6.78. The zero-order valence-electron chi connectivity index (χ0n) is 17.3. The first-order valence-corrected chi connectivity index (χ1v) is 10.6. The molecule has 0 aliphatic carbocycles. The number of hydrogen-bond acceptors (Lipinski definition) is 7. The summed E-state index contributed by atoms with van der Waals surface area (Å²) in [5.74, 6) is 1.60. The van der Waals surface area contributed by atoms with E-state index in [0.717, 1.165) is 17.7 Å². The molecule has 0 spiro atoms. The van der Waals surface area contributed by atoms with E-state index in [1.165, 1.54) is 0 Å². The Kier molecular flexibility index (Phi) is 4.08. The van der Waals surface area contributed by atoms with Crippen LogP contribution in [0, 0.1) is 6.92 Å². The summed E-state index contributed by atoms with van der Waals surface area (Å²) in [7, 11) is 0. The first-order valence-electron chi connectivity index (χ1n) is 10.2. The van der Waals surface area contributed by atoms with Gasteiger partial charge in [0.15, 0.2) is 5.76 Å². The molecule has 6 rings (SSSR count). The van der Waals surface area contributed by atoms with E-state index >= 15 is 0 Å². The van der Waals surface area contributed by atoms with Crippen LogP contribution in [0.1, 0.15) is 25.5 Å². The third-order valence-corrected chi connectivity index (χ3v) is 6.11. The van der Waals surface area contributed by atoms with E-state index in [-0.39, 0.29) is 17.3 Å². The summed E-state index contributed by atoms with van der Waals surface area (Å²) in [6, 6.07) is 8.97. The number of furan rings is 1. The fraction of sp³-hybridized carbons (Fsp3) is 0.273. The Morgan fingerprint density at radius 3 is 2.81 bits per heavy atom. The second-order valence-electron chi connectivity index (χ2n) is 8.05. The molecule has 0 bridgehead atoms. The maximum absolute atomic E-state index is 13.9. The highest BCUT2D eigenvalue weighted by molar-refractivity contribution is 6.31. The summed E-state index contributed by atoms with van der Waals surface area (Å²) in [5, 5.41) is 4.58. The van der Waals surface area contributed by atoms with Crippen molar-refractivity contribution in [3.8, 4) is 23.2 Å². The normalized spacial score (nSPS) is 18.8. The largest absolute Gasteiger partial charge is 0.456 e. The first kappa shape index (κ1) is 19.3. The maximum atomic E-state index is 13.9. The summed E-state index contributed by atoms with van der Waals surface area (Å²) in [6.07, 6.45) is 3.15. The summed E-state index contributed by atoms with van der Waals surface area (Å²) < 4.78 is 20.3. The molecule has 0 radical (unpaired) electrons. The van der Waals surface area contributed by atoms with Crippen LogP contribution in [0.4, 0.5) is 0 Å². The molecule has 0 saturated carbocycles. The van der Waals surface area contributed by atoms with Crippen molar-refractivity contribution in [3.05, 3.63) is 57.8 Å². The highest BCUT2D eigenvalue weighted by atomic mass is 35.5. The Morgan fingerprint density at radius 1 is 1.19 bits per heavy atom. The Bertz CT molecular complexity index is 1550. The zero-order valence-corrected chi connectivity index (χ0v) is 18.1. The minimum absolute atomic E-state index is 0.200. The summed E-state index contributed by atoms with van der Waals surface area (Å²) in [4.78, 5) is 22.7. The lowest BCUT2D eigenvalue weighted by molar-refractivity contribution is -0.0447. The second-order valence-corrected chi connectivity index (χ2v) is 8.48. The van der Waals surface area contributed by atoms with Crippen molar-refractivity contribution in [1.82, 2.24) is 24.1 Å². The average Bonchev–Trinajstić information content (AvgIpc) is 3.54. The molecule has 1 aliphatic rings. The molecular weight excluding hydrogens is 434 g/mol. The minimum Gasteiger partial charge on any atom is -0.456 e. The number of fused-ring (bicyclic) bond motifs is 3. The fourth-order valence-electron chi connectivity index (χ4n) is 4.37. The predicted octanol–water partition coefficient (Wildman–Crippen LogP) is 4.40. The smallest absolute Gasteiger partial charge is 0.293 e. The Morgan fingerprint density at radius 2 is 2.06 bits per heavy atom. The van der Waals surface area contributed by atoms with Gasteiger partial charge in [0.2, 0.25) is 5.82 Å². The highest BCUT2D eigenvalue weighted by Crippen LogP contribution is 2.34. The number of imidazole rings is 1. The van der Waals surface area contributed by atoms with Crippen LogP contribution < -0.4 is 5.56 Å². The lowest BCUT2D eigenvalue weighted by Gasteiger charge is -2.28. The van der Waals surface area contributed by atoms with Crippen LogP contribution >= 0.6 is 11.6 Å². The standard InChI is InChI=1S/C22H18ClN5O4/c1-12-4-7-16(31-12)20-25-19(26-32-20)17-18-21(29)28(22(2)8-3-9-30-22)15-10-13(23)5-6-14(15)27(18)11-24-17/h4-7,10-11H,3,8-9H2,1-2H3. The molecule has 162 valence electrons. The van der Waals surface area contributed by atoms with Gasteiger partial charge in [0.25, 0.3) is 11.4 Å². The van der Waals surface area contributed by atoms with Gasteiger partial charge in [0.05, 0.1) is 11.0 Å². The van der Waals surface area contributed by atoms with Crippen molar-refractivity contribution in [1.29, 1.82) is 0 Å². The topological polar surface area (TPSA) is 101 Å². The molecule has 1 atom stereocenters. The van der Waals surface area contributed by atoms with Crippen LogP contribution in [0.15, 0.2) is 50.4 Å². The molecule has 1 fully saturated rings. The van der Waals surface area contributed by atoms with Gasteiger partial charge in [-0.05, 0) is 57.0 Å². The molecule has 1 saturated heterocycles. The third kappa shape index (κ3) is 2.74. The molecule has 5 aromatic rings. The number of rotatable bonds is 3. The van der Waals surface area contributed by atoms with Crippen molar-refractivity contribution < 1.29 is 13.7 Å². The number of hydrogen-bond donors (Lipinski definition) is 0. The summed E-state index contributed by atoms with van der Waals surface area (Å²) >= 11 is 6.29. The number of aryl methyl sites for hydroxylation is 1. The van der Waals surface area contributed by atoms with E-state index in [9.17, 15) is 4.79 Å². The Hall–Kier alpha value is -3.43. The quantitative estimate of drug-likeness (QED) is 0.400. The molecule has 0 amide bonds. The Balaban J connectivity index is 1.63. The van der Waals surface area contributed by atoms with Crippen molar-refractivity contribution >= 4 is 28.2 Å². The lowest BCUT2D eigenvalue weighted by atomic mass is 10.1. The first-order chi connectivity index (χ1) is 15.4. The molecule has 9 nitrogen and oxygen atoms in total. The van der Waals surface area contributed by atoms with Gasteiger partial charge < -0.3 is 13.7 Å². The van der Waals surface area contributed by atoms with Crippen LogP contribution in [0.5, 0.6) is 0 Å². The average molecular weight is 452 g/mol. The molecule has 4 aromatic heterocycles. The van der Waals surface area contributed by atoms with Gasteiger partial charge >= 0.3 is 0 Å². The van der Waals surface area contributed by atoms with Crippen LogP contribution in [-0.4, -0.2) is 30.7 Å². The molecular formula is C22H18ClN5O4. The molecule has 5 heterocycles. The molecule has 0 N–H and O–H groups in total. The van der Waals surface area contributed by atoms with Crippen molar-refractivity contribution in [3.63, 3.8) is 0 Å². The van der Waals surface area contributed by atoms with Gasteiger partial charge in [-0.3, -0.25) is 13.8 Å². The van der Waals surface area contributed by atoms with E-state index < -0.39 is 5.72 Å². The van der Waals surface area contributed by atoms with E-state index in [1.54, 1.807) is 33.5 Å². The molecule has 32 heavy (non-hydrogen) atoms. The van der Waals surface area contributed by atoms with Crippen LogP contribution in [-0.2, 0) is 10.5 Å². The van der Waals surface area contributed by atoms with E-state index in [0.29, 0.717) is 40.5 Å². The van der Waals surface area contributed by atoms with Crippen LogP contribution in [0.25, 0.3) is 39.7 Å². The SMILES string of the molecule is Cc1ccc(-c2nc(-c3ncn4c3c(=O)n(C3(C)CCCO3)c3cc(Cl)ccc34)no2)o1. The fourth-order valence-corrected chi connectivity index (χ4v) is 4.54. The van der Waals surface area contributed by atoms with Gasteiger partial charge in [0, 0.05) is 11.6 Å². The molecule has 10 heteroatoms. The maximum Gasteiger partial charge on any atom is 0.293 e. The van der Waals surface area contributed by atoms with E-state index in [1.807, 2.05) is 26.0 Å². The van der Waals surface area contributed by atoms with Gasteiger partial charge in [-0.1, -0.05) is 16.8 Å². The van der Waals surface area contributed by atoms with Crippen LogP contribution in [0.2, 0.25) is 5.02 Å². The Labute approximate surface area is 186 Å². The summed E-state index contributed by atoms with van der Waals surface area (Å²) in [6.45, 7) is 4.33. The molecule has 1 aliphatic heterocycles. The third-order valence-electron chi connectivity index (χ3n) is 5.87. The van der Waals surface area contributed by atoms with Crippen molar-refractivity contribution in [2.75, 3.05) is 6.61 Å². The number of aromatic nitrogens is 5. The van der Waals surface area contributed by atoms with Gasteiger partial charge in [-0.2, -0.15) is 4.98 Å². The van der Waals surface area contributed by atoms with Crippen molar-refractivity contribution in [2.24, 2.45) is 0 Å². The lowest BCUT2D eigenvalue weighted by Crippen LogP contribution is -2.39. The zero-order chi connectivity index (χ0) is 22.0. The van der Waals surface area contributed by atoms with E-state index in [4.69, 9.17) is 25.3 Å². The monoisotopic (exact) mass is 451 g/mol. The number of ether oxygens (including phenoxy) is 1. The van der Waals surface area contributed by atoms with Crippen molar-refractivity contribution in [2.45, 2.75) is 32.4 Å². The summed E-state index contributed by atoms with van der Waals surface area (Å²) in [5.41, 5.74) is 1.03. The highest BCUT2D eigenvalue weighted by Gasteiger charge is 2.35. The van der Waals surface area contributed by atoms with Gasteiger partial charge in [-0.15, -0.1) is 0 Å². The van der Waals surface area contributed by atoms with Gasteiger partial charge in [0.1, 0.15) is 29.0 Å². The number of nitrogens with zero attached hydrogens (tertiary/aromatic N) is 5. The number of halogens is 1. The predicted molar refractivity (Wildman–Crippen MR) is 117 cm³/mol. The molecule has 1 aromatic carbocycles.